The summed E-state index contributed by atoms with van der Waals surface area (Å²) in [6.07, 6.45) is 5.87. The van der Waals surface area contributed by atoms with Crippen LogP contribution in [-0.4, -0.2) is 19.7 Å². The molecule has 1 aliphatic carbocycles. The highest BCUT2D eigenvalue weighted by Crippen LogP contribution is 2.38. The van der Waals surface area contributed by atoms with E-state index in [0.717, 1.165) is 35.0 Å². The van der Waals surface area contributed by atoms with Crippen LogP contribution in [0.5, 0.6) is 0 Å². The lowest BCUT2D eigenvalue weighted by Gasteiger charge is -2.14. The fourth-order valence-corrected chi connectivity index (χ4v) is 6.55. The number of rotatable bonds is 6. The Kier molecular flexibility index (Phi) is 5.58. The van der Waals surface area contributed by atoms with Gasteiger partial charge in [0.25, 0.3) is 5.56 Å². The largest absolute Gasteiger partial charge is 0.467 e. The van der Waals surface area contributed by atoms with Crippen molar-refractivity contribution in [2.45, 2.75) is 49.6 Å². The van der Waals surface area contributed by atoms with Gasteiger partial charge >= 0.3 is 0 Å². The predicted octanol–water partition coefficient (Wildman–Crippen LogP) is 5.88. The van der Waals surface area contributed by atoms with Gasteiger partial charge < -0.3 is 8.83 Å². The van der Waals surface area contributed by atoms with Crippen molar-refractivity contribution in [3.8, 4) is 11.5 Å². The molecule has 172 valence electrons. The Hall–Kier alpha value is -3.17. The second-order valence-corrected chi connectivity index (χ2v) is 10.7. The van der Waals surface area contributed by atoms with Crippen molar-refractivity contribution in [3.05, 3.63) is 81.2 Å². The smallest absolute Gasteiger partial charge is 0.263 e. The minimum atomic E-state index is -0.188. The van der Waals surface area contributed by atoms with Gasteiger partial charge in [-0.2, -0.15) is 0 Å². The van der Waals surface area contributed by atoms with Crippen molar-refractivity contribution in [1.29, 1.82) is 0 Å². The van der Waals surface area contributed by atoms with E-state index in [9.17, 15) is 4.79 Å². The zero-order chi connectivity index (χ0) is 23.1. The fraction of sp³-hybridized carbons (Fsp3) is 0.280. The monoisotopic (exact) mass is 490 g/mol. The maximum atomic E-state index is 13.7. The van der Waals surface area contributed by atoms with Crippen LogP contribution in [0.2, 0.25) is 0 Å². The molecule has 0 N–H and O–H groups in total. The molecule has 6 rings (SSSR count). The highest BCUT2D eigenvalue weighted by Gasteiger charge is 2.25. The van der Waals surface area contributed by atoms with Crippen LogP contribution in [0.4, 0.5) is 0 Å². The molecule has 4 aromatic heterocycles. The lowest BCUT2D eigenvalue weighted by molar-refractivity contribution is 0.475. The number of furan rings is 1. The molecule has 1 atom stereocenters. The Balaban J connectivity index is 1.39. The van der Waals surface area contributed by atoms with Crippen molar-refractivity contribution < 1.29 is 8.83 Å². The maximum absolute atomic E-state index is 13.7. The second kappa shape index (κ2) is 8.88. The van der Waals surface area contributed by atoms with Crippen LogP contribution in [0.1, 0.15) is 47.1 Å². The van der Waals surface area contributed by atoms with Crippen LogP contribution in [0.3, 0.4) is 0 Å². The normalized spacial score (nSPS) is 14.4. The fourth-order valence-electron chi connectivity index (χ4n) is 4.31. The Morgan fingerprint density at radius 2 is 1.97 bits per heavy atom. The minimum Gasteiger partial charge on any atom is -0.467 e. The summed E-state index contributed by atoms with van der Waals surface area (Å²) in [5, 5.41) is 9.68. The van der Waals surface area contributed by atoms with Gasteiger partial charge in [-0.15, -0.1) is 21.5 Å². The lowest BCUT2D eigenvalue weighted by Crippen LogP contribution is -2.24. The molecule has 0 bridgehead atoms. The van der Waals surface area contributed by atoms with Crippen LogP contribution in [-0.2, 0) is 19.4 Å². The Morgan fingerprint density at radius 1 is 1.12 bits per heavy atom. The van der Waals surface area contributed by atoms with Crippen LogP contribution < -0.4 is 5.56 Å². The average molecular weight is 491 g/mol. The van der Waals surface area contributed by atoms with Gasteiger partial charge in [0, 0.05) is 10.4 Å². The van der Waals surface area contributed by atoms with Crippen molar-refractivity contribution in [2.24, 2.45) is 0 Å². The molecule has 4 heterocycles. The number of hydrogen-bond donors (Lipinski definition) is 0. The third-order valence-electron chi connectivity index (χ3n) is 6.03. The molecule has 0 aliphatic heterocycles. The number of aromatic nitrogens is 4. The molecule has 1 unspecified atom stereocenters. The third kappa shape index (κ3) is 3.88. The van der Waals surface area contributed by atoms with E-state index in [2.05, 4.69) is 10.2 Å². The van der Waals surface area contributed by atoms with Gasteiger partial charge in [-0.1, -0.05) is 30.0 Å². The standard InChI is InChI=1S/C25H22N4O3S2/c1-15(21-27-28-22(32-21)16-8-3-2-4-9-16)33-25-26-23-20(18-11-5-6-12-19(18)34-23)24(30)29(25)14-17-10-7-13-31-17/h2-4,7-10,13,15H,5-6,11-12,14H2,1H3. The molecule has 5 aromatic rings. The maximum Gasteiger partial charge on any atom is 0.263 e. The summed E-state index contributed by atoms with van der Waals surface area (Å²) < 4.78 is 13.2. The summed E-state index contributed by atoms with van der Waals surface area (Å²) in [5.74, 6) is 1.68. The Bertz CT molecular complexity index is 1500. The van der Waals surface area contributed by atoms with Gasteiger partial charge in [0.05, 0.1) is 23.4 Å². The van der Waals surface area contributed by atoms with Crippen LogP contribution >= 0.6 is 23.1 Å². The lowest BCUT2D eigenvalue weighted by atomic mass is 9.97. The van der Waals surface area contributed by atoms with E-state index in [1.165, 1.54) is 28.6 Å². The molecule has 9 heteroatoms. The number of aryl methyl sites for hydroxylation is 2. The van der Waals surface area contributed by atoms with Crippen LogP contribution in [0.15, 0.2) is 67.5 Å². The van der Waals surface area contributed by atoms with Gasteiger partial charge in [0.1, 0.15) is 10.6 Å². The van der Waals surface area contributed by atoms with Crippen molar-refractivity contribution in [1.82, 2.24) is 19.7 Å². The van der Waals surface area contributed by atoms with Gasteiger partial charge in [0.2, 0.25) is 11.8 Å². The Labute approximate surface area is 203 Å². The van der Waals surface area contributed by atoms with E-state index in [1.54, 1.807) is 22.2 Å². The summed E-state index contributed by atoms with van der Waals surface area (Å²) in [6, 6.07) is 13.4. The van der Waals surface area contributed by atoms with E-state index in [4.69, 9.17) is 13.8 Å². The molecule has 0 fully saturated rings. The molecular formula is C25H22N4O3S2. The third-order valence-corrected chi connectivity index (χ3v) is 8.29. The van der Waals surface area contributed by atoms with Gasteiger partial charge in [-0.3, -0.25) is 9.36 Å². The van der Waals surface area contributed by atoms with Gasteiger partial charge in [0.15, 0.2) is 5.16 Å². The molecule has 0 saturated carbocycles. The van der Waals surface area contributed by atoms with Crippen molar-refractivity contribution in [3.63, 3.8) is 0 Å². The van der Waals surface area contributed by atoms with E-state index >= 15 is 0 Å². The predicted molar refractivity (Wildman–Crippen MR) is 132 cm³/mol. The molecule has 1 aliphatic rings. The highest BCUT2D eigenvalue weighted by molar-refractivity contribution is 7.99. The zero-order valence-electron chi connectivity index (χ0n) is 18.6. The number of hydrogen-bond acceptors (Lipinski definition) is 8. The number of nitrogens with zero attached hydrogens (tertiary/aromatic N) is 4. The number of thioether (sulfide) groups is 1. The highest BCUT2D eigenvalue weighted by atomic mass is 32.2. The minimum absolute atomic E-state index is 0.00833. The molecule has 0 radical (unpaired) electrons. The summed E-state index contributed by atoms with van der Waals surface area (Å²) in [6.45, 7) is 2.31. The first kappa shape index (κ1) is 21.4. The topological polar surface area (TPSA) is 87.0 Å². The zero-order valence-corrected chi connectivity index (χ0v) is 20.2. The van der Waals surface area contributed by atoms with Gasteiger partial charge in [-0.05, 0) is 62.4 Å². The van der Waals surface area contributed by atoms with Crippen molar-refractivity contribution in [2.75, 3.05) is 0 Å². The molecule has 7 nitrogen and oxygen atoms in total. The molecule has 1 aromatic carbocycles. The van der Waals surface area contributed by atoms with E-state index in [0.29, 0.717) is 29.2 Å². The van der Waals surface area contributed by atoms with E-state index < -0.39 is 0 Å². The van der Waals surface area contributed by atoms with E-state index in [1.807, 2.05) is 49.4 Å². The SMILES string of the molecule is CC(Sc1nc2sc3c(c2c(=O)n1Cc1ccco1)CCCC3)c1nnc(-c2ccccc2)o1. The summed E-state index contributed by atoms with van der Waals surface area (Å²) in [4.78, 5) is 20.8. The first-order chi connectivity index (χ1) is 16.7. The van der Waals surface area contributed by atoms with Crippen LogP contribution in [0.25, 0.3) is 21.7 Å². The molecular weight excluding hydrogens is 468 g/mol. The molecule has 0 spiro atoms. The first-order valence-corrected chi connectivity index (χ1v) is 13.0. The average Bonchev–Trinajstić information content (AvgIpc) is 3.62. The number of benzene rings is 1. The molecule has 34 heavy (non-hydrogen) atoms. The summed E-state index contributed by atoms with van der Waals surface area (Å²) in [5.41, 5.74) is 2.05. The van der Waals surface area contributed by atoms with Gasteiger partial charge in [-0.25, -0.2) is 4.98 Å². The van der Waals surface area contributed by atoms with Crippen LogP contribution in [0, 0.1) is 0 Å². The number of thiophene rings is 1. The number of fused-ring (bicyclic) bond motifs is 3. The Morgan fingerprint density at radius 3 is 2.79 bits per heavy atom. The summed E-state index contributed by atoms with van der Waals surface area (Å²) >= 11 is 3.11. The van der Waals surface area contributed by atoms with Crippen molar-refractivity contribution >= 4 is 33.3 Å². The quantitative estimate of drug-likeness (QED) is 0.217. The molecule has 0 amide bonds. The van der Waals surface area contributed by atoms with E-state index in [-0.39, 0.29) is 10.8 Å². The second-order valence-electron chi connectivity index (χ2n) is 8.33. The molecule has 0 saturated heterocycles. The first-order valence-electron chi connectivity index (χ1n) is 11.3. The summed E-state index contributed by atoms with van der Waals surface area (Å²) in [7, 11) is 0.